The fraction of sp³-hybridized carbons (Fsp3) is 0.222. The van der Waals surface area contributed by atoms with Crippen molar-refractivity contribution < 1.29 is 14.8 Å². The van der Waals surface area contributed by atoms with E-state index in [0.717, 1.165) is 0 Å². The lowest BCUT2D eigenvalue weighted by molar-refractivity contribution is -0.385. The van der Waals surface area contributed by atoms with Crippen molar-refractivity contribution in [2.45, 2.75) is 12.8 Å². The molecular weight excluding hydrogens is 186 g/mol. The molecule has 0 amide bonds. The zero-order valence-electron chi connectivity index (χ0n) is 7.34. The van der Waals surface area contributed by atoms with Gasteiger partial charge >= 0.3 is 5.69 Å². The zero-order valence-corrected chi connectivity index (χ0v) is 7.34. The number of phenols is 1. The van der Waals surface area contributed by atoms with Crippen molar-refractivity contribution in [2.75, 3.05) is 0 Å². The Morgan fingerprint density at radius 2 is 2.21 bits per heavy atom. The average molecular weight is 195 g/mol. The highest BCUT2D eigenvalue weighted by Gasteiger charge is 2.15. The van der Waals surface area contributed by atoms with Crippen LogP contribution >= 0.6 is 0 Å². The molecule has 0 atom stereocenters. The maximum absolute atomic E-state index is 10.4. The number of phenolic OH excluding ortho intramolecular Hbond substituents is 1. The van der Waals surface area contributed by atoms with Gasteiger partial charge in [-0.3, -0.25) is 10.1 Å². The van der Waals surface area contributed by atoms with Gasteiger partial charge in [-0.15, -0.1) is 0 Å². The lowest BCUT2D eigenvalue weighted by Crippen LogP contribution is -1.93. The smallest absolute Gasteiger partial charge is 0.310 e. The molecular formula is C9H9NO4. The van der Waals surface area contributed by atoms with Crippen molar-refractivity contribution in [3.8, 4) is 5.75 Å². The highest BCUT2D eigenvalue weighted by Crippen LogP contribution is 2.29. The summed E-state index contributed by atoms with van der Waals surface area (Å²) in [4.78, 5) is 19.9. The molecule has 0 aromatic heterocycles. The van der Waals surface area contributed by atoms with Crippen LogP contribution < -0.4 is 0 Å². The van der Waals surface area contributed by atoms with E-state index in [-0.39, 0.29) is 17.9 Å². The van der Waals surface area contributed by atoms with E-state index in [2.05, 4.69) is 0 Å². The number of nitro benzene ring substituents is 1. The molecule has 1 rings (SSSR count). The van der Waals surface area contributed by atoms with Crippen LogP contribution in [0.3, 0.4) is 0 Å². The summed E-state index contributed by atoms with van der Waals surface area (Å²) in [6.45, 7) is 0. The summed E-state index contributed by atoms with van der Waals surface area (Å²) in [6, 6.07) is 4.27. The van der Waals surface area contributed by atoms with E-state index in [1.807, 2.05) is 0 Å². The summed E-state index contributed by atoms with van der Waals surface area (Å²) < 4.78 is 0. The zero-order chi connectivity index (χ0) is 10.6. The van der Waals surface area contributed by atoms with Crippen LogP contribution in [0.1, 0.15) is 12.0 Å². The molecule has 0 aliphatic heterocycles. The van der Waals surface area contributed by atoms with Crippen molar-refractivity contribution >= 4 is 12.0 Å². The number of hydrogen-bond donors (Lipinski definition) is 1. The van der Waals surface area contributed by atoms with Crippen LogP contribution in [-0.4, -0.2) is 16.3 Å². The van der Waals surface area contributed by atoms with Crippen molar-refractivity contribution in [3.63, 3.8) is 0 Å². The largest absolute Gasteiger partial charge is 0.502 e. The first-order valence-corrected chi connectivity index (χ1v) is 4.05. The highest BCUT2D eigenvalue weighted by atomic mass is 16.6. The normalized spacial score (nSPS) is 9.71. The van der Waals surface area contributed by atoms with Gasteiger partial charge in [0.05, 0.1) is 4.92 Å². The van der Waals surface area contributed by atoms with Gasteiger partial charge in [-0.2, -0.15) is 0 Å². The molecule has 0 radical (unpaired) electrons. The number of rotatable bonds is 4. The van der Waals surface area contributed by atoms with Crippen LogP contribution in [0.25, 0.3) is 0 Å². The molecule has 0 aliphatic rings. The second-order valence-electron chi connectivity index (χ2n) is 2.75. The van der Waals surface area contributed by atoms with Crippen molar-refractivity contribution in [1.82, 2.24) is 0 Å². The Morgan fingerprint density at radius 1 is 1.50 bits per heavy atom. The van der Waals surface area contributed by atoms with E-state index >= 15 is 0 Å². The summed E-state index contributed by atoms with van der Waals surface area (Å²) in [5.41, 5.74) is 0.0969. The summed E-state index contributed by atoms with van der Waals surface area (Å²) in [5.74, 6) is -0.348. The minimum atomic E-state index is -0.653. The van der Waals surface area contributed by atoms with Gasteiger partial charge in [-0.25, -0.2) is 0 Å². The maximum Gasteiger partial charge on any atom is 0.310 e. The molecule has 14 heavy (non-hydrogen) atoms. The van der Waals surface area contributed by atoms with Gasteiger partial charge < -0.3 is 9.90 Å². The molecule has 5 heteroatoms. The quantitative estimate of drug-likeness (QED) is 0.447. The van der Waals surface area contributed by atoms with Gasteiger partial charge in [0, 0.05) is 18.1 Å². The van der Waals surface area contributed by atoms with Crippen LogP contribution in [0.5, 0.6) is 5.75 Å². The Morgan fingerprint density at radius 3 is 2.79 bits per heavy atom. The molecule has 1 N–H and O–H groups in total. The van der Waals surface area contributed by atoms with E-state index in [1.165, 1.54) is 12.1 Å². The van der Waals surface area contributed by atoms with Crippen molar-refractivity contribution in [2.24, 2.45) is 0 Å². The number of para-hydroxylation sites is 1. The molecule has 0 aliphatic carbocycles. The van der Waals surface area contributed by atoms with E-state index < -0.39 is 4.92 Å². The minimum absolute atomic E-state index is 0.245. The molecule has 0 saturated carbocycles. The standard InChI is InChI=1S/C9H9NO4/c11-6-2-4-7-3-1-5-8(9(7)12)10(13)14/h1,3,5-6,12H,2,4H2. The number of carbonyl (C=O) groups is 1. The van der Waals surface area contributed by atoms with Crippen LogP contribution in [-0.2, 0) is 11.2 Å². The fourth-order valence-electron chi connectivity index (χ4n) is 1.14. The summed E-state index contributed by atoms with van der Waals surface area (Å²) in [7, 11) is 0. The first-order chi connectivity index (χ1) is 6.66. The Labute approximate surface area is 80.1 Å². The van der Waals surface area contributed by atoms with Gasteiger partial charge in [0.2, 0.25) is 0 Å². The van der Waals surface area contributed by atoms with Gasteiger partial charge in [0.25, 0.3) is 0 Å². The molecule has 0 spiro atoms. The third-order valence-electron chi connectivity index (χ3n) is 1.83. The molecule has 0 saturated heterocycles. The SMILES string of the molecule is O=CCCc1cccc([N+](=O)[O-])c1O. The predicted molar refractivity (Wildman–Crippen MR) is 49.1 cm³/mol. The lowest BCUT2D eigenvalue weighted by atomic mass is 10.1. The van der Waals surface area contributed by atoms with Gasteiger partial charge in [0.1, 0.15) is 6.29 Å². The summed E-state index contributed by atoms with van der Waals surface area (Å²) in [5, 5.41) is 19.9. The monoisotopic (exact) mass is 195 g/mol. The van der Waals surface area contributed by atoms with E-state index in [9.17, 15) is 20.0 Å². The van der Waals surface area contributed by atoms with Crippen LogP contribution in [0.4, 0.5) is 5.69 Å². The van der Waals surface area contributed by atoms with Gasteiger partial charge in [-0.05, 0) is 6.42 Å². The Kier molecular flexibility index (Phi) is 3.17. The molecule has 0 unspecified atom stereocenters. The first kappa shape index (κ1) is 10.2. The van der Waals surface area contributed by atoms with Crippen LogP contribution in [0.2, 0.25) is 0 Å². The Hall–Kier alpha value is -1.91. The molecule has 1 aromatic rings. The molecule has 5 nitrogen and oxygen atoms in total. The number of benzene rings is 1. The third kappa shape index (κ3) is 2.07. The summed E-state index contributed by atoms with van der Waals surface area (Å²) >= 11 is 0. The number of aromatic hydroxyl groups is 1. The maximum atomic E-state index is 10.4. The minimum Gasteiger partial charge on any atom is -0.502 e. The molecule has 1 aromatic carbocycles. The molecule has 74 valence electrons. The van der Waals surface area contributed by atoms with Gasteiger partial charge in [-0.1, -0.05) is 12.1 Å². The Bertz CT molecular complexity index is 362. The lowest BCUT2D eigenvalue weighted by Gasteiger charge is -2.01. The first-order valence-electron chi connectivity index (χ1n) is 4.05. The van der Waals surface area contributed by atoms with Crippen LogP contribution in [0, 0.1) is 10.1 Å². The molecule has 0 bridgehead atoms. The predicted octanol–water partition coefficient (Wildman–Crippen LogP) is 1.43. The van der Waals surface area contributed by atoms with E-state index in [0.29, 0.717) is 18.3 Å². The average Bonchev–Trinajstić information content (AvgIpc) is 2.16. The van der Waals surface area contributed by atoms with Crippen molar-refractivity contribution in [1.29, 1.82) is 0 Å². The second-order valence-corrected chi connectivity index (χ2v) is 2.75. The van der Waals surface area contributed by atoms with Gasteiger partial charge in [0.15, 0.2) is 5.75 Å². The number of nitro groups is 1. The number of aryl methyl sites for hydroxylation is 1. The topological polar surface area (TPSA) is 80.4 Å². The number of carbonyl (C=O) groups excluding carboxylic acids is 1. The summed E-state index contributed by atoms with van der Waals surface area (Å²) in [6.07, 6.45) is 1.27. The van der Waals surface area contributed by atoms with E-state index in [1.54, 1.807) is 6.07 Å². The van der Waals surface area contributed by atoms with Crippen molar-refractivity contribution in [3.05, 3.63) is 33.9 Å². The Balaban J connectivity index is 3.01. The highest BCUT2D eigenvalue weighted by molar-refractivity contribution is 5.54. The number of hydrogen-bond acceptors (Lipinski definition) is 4. The second kappa shape index (κ2) is 4.36. The number of nitrogens with zero attached hydrogens (tertiary/aromatic N) is 1. The fourth-order valence-corrected chi connectivity index (χ4v) is 1.14. The molecule has 0 fully saturated rings. The third-order valence-corrected chi connectivity index (χ3v) is 1.83. The van der Waals surface area contributed by atoms with E-state index in [4.69, 9.17) is 0 Å². The number of aldehydes is 1. The molecule has 0 heterocycles. The van der Waals surface area contributed by atoms with Crippen LogP contribution in [0.15, 0.2) is 18.2 Å².